The molecule has 2 rings (SSSR count). The first-order valence-electron chi connectivity index (χ1n) is 7.64. The molecule has 5 heteroatoms. The van der Waals surface area contributed by atoms with Gasteiger partial charge in [0.1, 0.15) is 23.1 Å². The molecule has 126 valence electrons. The third-order valence-corrected chi connectivity index (χ3v) is 3.57. The Morgan fingerprint density at radius 2 is 1.92 bits per heavy atom. The van der Waals surface area contributed by atoms with E-state index in [2.05, 4.69) is 5.32 Å². The third-order valence-electron chi connectivity index (χ3n) is 3.57. The molecule has 1 amide bonds. The number of carbonyl (C=O) groups excluding carboxylic acids is 1. The van der Waals surface area contributed by atoms with Crippen molar-refractivity contribution < 1.29 is 15.0 Å². The van der Waals surface area contributed by atoms with Gasteiger partial charge in [0.05, 0.1) is 0 Å². The Bertz CT molecular complexity index is 860. The molecule has 0 spiro atoms. The zero-order chi connectivity index (χ0) is 18.2. The van der Waals surface area contributed by atoms with Crippen molar-refractivity contribution in [2.24, 2.45) is 0 Å². The minimum Gasteiger partial charge on any atom is -0.508 e. The van der Waals surface area contributed by atoms with E-state index in [1.54, 1.807) is 61.5 Å². The van der Waals surface area contributed by atoms with Crippen LogP contribution in [0.2, 0.25) is 0 Å². The van der Waals surface area contributed by atoms with E-state index in [4.69, 9.17) is 5.26 Å². The van der Waals surface area contributed by atoms with E-state index >= 15 is 0 Å². The van der Waals surface area contributed by atoms with Crippen LogP contribution in [0.5, 0.6) is 11.5 Å². The van der Waals surface area contributed by atoms with Crippen LogP contribution in [0, 0.1) is 18.3 Å². The molecule has 25 heavy (non-hydrogen) atoms. The van der Waals surface area contributed by atoms with Crippen molar-refractivity contribution in [3.8, 4) is 17.6 Å². The molecule has 0 heterocycles. The Morgan fingerprint density at radius 1 is 1.20 bits per heavy atom. The van der Waals surface area contributed by atoms with Gasteiger partial charge in [0.25, 0.3) is 5.91 Å². The summed E-state index contributed by atoms with van der Waals surface area (Å²) in [4.78, 5) is 12.1. The Labute approximate surface area is 146 Å². The van der Waals surface area contributed by atoms with Crippen molar-refractivity contribution in [3.05, 3.63) is 76.9 Å². The van der Waals surface area contributed by atoms with Gasteiger partial charge in [-0.25, -0.2) is 0 Å². The van der Waals surface area contributed by atoms with Gasteiger partial charge in [-0.2, -0.15) is 5.26 Å². The van der Waals surface area contributed by atoms with Crippen molar-refractivity contribution in [3.63, 3.8) is 0 Å². The summed E-state index contributed by atoms with van der Waals surface area (Å²) in [5.41, 5.74) is 2.10. The van der Waals surface area contributed by atoms with Gasteiger partial charge in [-0.3, -0.25) is 4.79 Å². The van der Waals surface area contributed by atoms with Crippen LogP contribution in [0.4, 0.5) is 0 Å². The molecular weight excluding hydrogens is 316 g/mol. The van der Waals surface area contributed by atoms with E-state index < -0.39 is 5.91 Å². The Kier molecular flexibility index (Phi) is 5.97. The predicted molar refractivity (Wildman–Crippen MR) is 95.5 cm³/mol. The number of phenols is 2. The Morgan fingerprint density at radius 3 is 2.60 bits per heavy atom. The molecule has 0 unspecified atom stereocenters. The summed E-state index contributed by atoms with van der Waals surface area (Å²) < 4.78 is 0. The zero-order valence-electron chi connectivity index (χ0n) is 13.7. The second-order valence-electron chi connectivity index (χ2n) is 5.41. The maximum absolute atomic E-state index is 12.1. The van der Waals surface area contributed by atoms with Gasteiger partial charge in [0.15, 0.2) is 0 Å². The summed E-state index contributed by atoms with van der Waals surface area (Å²) in [6.07, 6.45) is 4.73. The normalized spacial score (nSPS) is 11.3. The lowest BCUT2D eigenvalue weighted by Gasteiger charge is -2.08. The maximum atomic E-state index is 12.1. The minimum absolute atomic E-state index is 0.0397. The molecule has 0 fully saturated rings. The van der Waals surface area contributed by atoms with Crippen LogP contribution < -0.4 is 5.32 Å². The molecule has 0 saturated carbocycles. The molecule has 2 aromatic rings. The number of nitrogens with zero attached hydrogens (tertiary/aromatic N) is 1. The van der Waals surface area contributed by atoms with E-state index in [-0.39, 0.29) is 23.6 Å². The number of rotatable bonds is 5. The van der Waals surface area contributed by atoms with Crippen molar-refractivity contribution >= 4 is 12.0 Å². The maximum Gasteiger partial charge on any atom is 0.262 e. The monoisotopic (exact) mass is 334 g/mol. The highest BCUT2D eigenvalue weighted by molar-refractivity contribution is 5.97. The highest BCUT2D eigenvalue weighted by Gasteiger charge is 2.09. The molecule has 0 aliphatic carbocycles. The average Bonchev–Trinajstić information content (AvgIpc) is 2.61. The Hall–Kier alpha value is -3.52. The number of nitriles is 1. The van der Waals surface area contributed by atoms with E-state index in [0.29, 0.717) is 5.56 Å². The zero-order valence-corrected chi connectivity index (χ0v) is 13.7. The lowest BCUT2D eigenvalue weighted by molar-refractivity contribution is -0.117. The standard InChI is InChI=1S/C20H18N2O3/c1-14-4-2-7-17(19(14)24)13-22-20(25)16(12-21)6-3-5-15-8-10-18(23)11-9-15/h2-11,23-24H,13H2,1H3,(H,22,25)/b5-3+,16-6?. The quantitative estimate of drug-likeness (QED) is 0.445. The number of hydrogen-bond donors (Lipinski definition) is 3. The van der Waals surface area contributed by atoms with Gasteiger partial charge in [-0.15, -0.1) is 0 Å². The van der Waals surface area contributed by atoms with Crippen molar-refractivity contribution in [1.29, 1.82) is 5.26 Å². The lowest BCUT2D eigenvalue weighted by atomic mass is 10.1. The Balaban J connectivity index is 2.01. The number of aromatic hydroxyl groups is 2. The van der Waals surface area contributed by atoms with Crippen LogP contribution in [0.1, 0.15) is 16.7 Å². The fraction of sp³-hybridized carbons (Fsp3) is 0.100. The number of allylic oxidation sites excluding steroid dienone is 2. The molecular formula is C20H18N2O3. The molecule has 0 aromatic heterocycles. The predicted octanol–water partition coefficient (Wildman–Crippen LogP) is 3.19. The van der Waals surface area contributed by atoms with Crippen LogP contribution in [-0.2, 0) is 11.3 Å². The topological polar surface area (TPSA) is 93.4 Å². The first kappa shape index (κ1) is 17.8. The number of phenolic OH excluding ortho intramolecular Hbond substituents is 2. The number of benzene rings is 2. The summed E-state index contributed by atoms with van der Waals surface area (Å²) in [7, 11) is 0. The molecule has 0 bridgehead atoms. The summed E-state index contributed by atoms with van der Waals surface area (Å²) in [6.45, 7) is 1.91. The van der Waals surface area contributed by atoms with E-state index in [1.807, 2.05) is 6.07 Å². The van der Waals surface area contributed by atoms with Gasteiger partial charge >= 0.3 is 0 Å². The van der Waals surface area contributed by atoms with E-state index in [1.165, 1.54) is 6.08 Å². The van der Waals surface area contributed by atoms with Crippen LogP contribution in [0.15, 0.2) is 60.2 Å². The van der Waals surface area contributed by atoms with Gasteiger partial charge in [0.2, 0.25) is 0 Å². The minimum atomic E-state index is -0.515. The molecule has 5 nitrogen and oxygen atoms in total. The van der Waals surface area contributed by atoms with Crippen LogP contribution in [0.3, 0.4) is 0 Å². The summed E-state index contributed by atoms with van der Waals surface area (Å²) in [6, 6.07) is 13.7. The first-order valence-corrected chi connectivity index (χ1v) is 7.64. The molecule has 0 aliphatic rings. The van der Waals surface area contributed by atoms with Gasteiger partial charge in [0, 0.05) is 12.1 Å². The molecule has 0 radical (unpaired) electrons. The van der Waals surface area contributed by atoms with E-state index in [0.717, 1.165) is 11.1 Å². The second-order valence-corrected chi connectivity index (χ2v) is 5.41. The fourth-order valence-electron chi connectivity index (χ4n) is 2.14. The van der Waals surface area contributed by atoms with Crippen LogP contribution in [-0.4, -0.2) is 16.1 Å². The van der Waals surface area contributed by atoms with Gasteiger partial charge in [-0.1, -0.05) is 42.5 Å². The van der Waals surface area contributed by atoms with Crippen molar-refractivity contribution in [2.75, 3.05) is 0 Å². The third kappa shape index (κ3) is 4.98. The molecule has 0 saturated heterocycles. The fourth-order valence-corrected chi connectivity index (χ4v) is 2.14. The van der Waals surface area contributed by atoms with Crippen LogP contribution >= 0.6 is 0 Å². The highest BCUT2D eigenvalue weighted by Crippen LogP contribution is 2.21. The molecule has 0 aliphatic heterocycles. The smallest absolute Gasteiger partial charge is 0.262 e. The number of amides is 1. The first-order chi connectivity index (χ1) is 12.0. The lowest BCUT2D eigenvalue weighted by Crippen LogP contribution is -2.24. The van der Waals surface area contributed by atoms with E-state index in [9.17, 15) is 15.0 Å². The number of hydrogen-bond acceptors (Lipinski definition) is 4. The van der Waals surface area contributed by atoms with Gasteiger partial charge in [-0.05, 0) is 36.3 Å². The van der Waals surface area contributed by atoms with Gasteiger partial charge < -0.3 is 15.5 Å². The van der Waals surface area contributed by atoms with Crippen molar-refractivity contribution in [1.82, 2.24) is 5.32 Å². The molecule has 2 aromatic carbocycles. The summed E-state index contributed by atoms with van der Waals surface area (Å²) in [5, 5.41) is 30.9. The summed E-state index contributed by atoms with van der Waals surface area (Å²) >= 11 is 0. The number of aryl methyl sites for hydroxylation is 1. The average molecular weight is 334 g/mol. The molecule has 3 N–H and O–H groups in total. The van der Waals surface area contributed by atoms with Crippen LogP contribution in [0.25, 0.3) is 6.08 Å². The largest absolute Gasteiger partial charge is 0.508 e. The number of nitrogens with one attached hydrogen (secondary N) is 1. The highest BCUT2D eigenvalue weighted by atomic mass is 16.3. The number of carbonyl (C=O) groups is 1. The molecule has 0 atom stereocenters. The SMILES string of the molecule is Cc1cccc(CNC(=O)C(C#N)=C/C=C/c2ccc(O)cc2)c1O. The second kappa shape index (κ2) is 8.37. The van der Waals surface area contributed by atoms with Crippen molar-refractivity contribution in [2.45, 2.75) is 13.5 Å². The number of para-hydroxylation sites is 1. The summed E-state index contributed by atoms with van der Waals surface area (Å²) in [5.74, 6) is -0.208.